The molecule has 1 aliphatic heterocycles. The van der Waals surface area contributed by atoms with Crippen molar-refractivity contribution in [1.82, 2.24) is 5.32 Å². The lowest BCUT2D eigenvalue weighted by Gasteiger charge is -2.14. The molecule has 0 spiro atoms. The minimum Gasteiger partial charge on any atom is -0.480 e. The summed E-state index contributed by atoms with van der Waals surface area (Å²) in [5.41, 5.74) is 0.932. The Kier molecular flexibility index (Phi) is 3.22. The van der Waals surface area contributed by atoms with Crippen molar-refractivity contribution in [2.24, 2.45) is 10.6 Å². The van der Waals surface area contributed by atoms with Crippen molar-refractivity contribution in [3.63, 3.8) is 0 Å². The van der Waals surface area contributed by atoms with Gasteiger partial charge in [-0.05, 0) is 42.0 Å². The molecule has 1 heterocycles. The van der Waals surface area contributed by atoms with Gasteiger partial charge in [0.1, 0.15) is 5.75 Å². The third kappa shape index (κ3) is 3.03. The third-order valence-electron chi connectivity index (χ3n) is 4.12. The summed E-state index contributed by atoms with van der Waals surface area (Å²) in [5, 5.41) is 8.00. The highest BCUT2D eigenvalue weighted by molar-refractivity contribution is 7.89. The van der Waals surface area contributed by atoms with E-state index in [1.807, 2.05) is 0 Å². The van der Waals surface area contributed by atoms with E-state index >= 15 is 0 Å². The largest absolute Gasteiger partial charge is 0.480 e. The Morgan fingerprint density at radius 2 is 2.19 bits per heavy atom. The molecule has 1 aromatic rings. The van der Waals surface area contributed by atoms with E-state index in [2.05, 4.69) is 12.2 Å². The molecule has 7 heteroatoms. The molecule has 114 valence electrons. The Balaban J connectivity index is 1.68. The van der Waals surface area contributed by atoms with Crippen LogP contribution in [0.4, 0.5) is 0 Å². The lowest BCUT2D eigenvalue weighted by Crippen LogP contribution is -2.39. The lowest BCUT2D eigenvalue weighted by molar-refractivity contribution is -0.127. The van der Waals surface area contributed by atoms with Crippen molar-refractivity contribution in [1.29, 1.82) is 0 Å². The van der Waals surface area contributed by atoms with Crippen LogP contribution >= 0.6 is 0 Å². The number of primary sulfonamides is 1. The van der Waals surface area contributed by atoms with Gasteiger partial charge in [0, 0.05) is 13.0 Å². The quantitative estimate of drug-likeness (QED) is 0.848. The van der Waals surface area contributed by atoms with Crippen LogP contribution in [0.5, 0.6) is 5.75 Å². The Hall–Kier alpha value is -1.60. The van der Waals surface area contributed by atoms with Crippen molar-refractivity contribution < 1.29 is 17.9 Å². The normalized spacial score (nSPS) is 22.3. The number of nitrogens with one attached hydrogen (secondary N) is 1. The van der Waals surface area contributed by atoms with Crippen LogP contribution in [0.1, 0.15) is 25.3 Å². The summed E-state index contributed by atoms with van der Waals surface area (Å²) in [6.07, 6.45) is 2.03. The highest BCUT2D eigenvalue weighted by Gasteiger charge is 2.38. The van der Waals surface area contributed by atoms with E-state index in [0.717, 1.165) is 12.8 Å². The molecule has 1 unspecified atom stereocenters. The Morgan fingerprint density at radius 1 is 1.48 bits per heavy atom. The number of fused-ring (bicyclic) bond motifs is 1. The first-order chi connectivity index (χ1) is 9.77. The summed E-state index contributed by atoms with van der Waals surface area (Å²) in [5.74, 6) is 0.386. The van der Waals surface area contributed by atoms with E-state index in [-0.39, 0.29) is 16.2 Å². The number of amides is 1. The average molecular weight is 310 g/mol. The molecule has 1 aliphatic carbocycles. The van der Waals surface area contributed by atoms with Gasteiger partial charge in [0.15, 0.2) is 6.10 Å². The van der Waals surface area contributed by atoms with E-state index < -0.39 is 16.1 Å². The van der Waals surface area contributed by atoms with Gasteiger partial charge in [0.2, 0.25) is 10.0 Å². The van der Waals surface area contributed by atoms with Gasteiger partial charge in [-0.3, -0.25) is 4.79 Å². The number of benzene rings is 1. The summed E-state index contributed by atoms with van der Waals surface area (Å²) in [6, 6.07) is 4.41. The molecule has 2 aliphatic rings. The number of sulfonamides is 1. The van der Waals surface area contributed by atoms with Crippen molar-refractivity contribution in [2.45, 2.75) is 37.2 Å². The molecule has 0 saturated heterocycles. The molecular weight excluding hydrogens is 292 g/mol. The van der Waals surface area contributed by atoms with Crippen molar-refractivity contribution in [3.05, 3.63) is 23.8 Å². The molecule has 3 rings (SSSR count). The Labute approximate surface area is 123 Å². The Morgan fingerprint density at radius 3 is 2.81 bits per heavy atom. The van der Waals surface area contributed by atoms with Crippen LogP contribution in [0.15, 0.2) is 23.1 Å². The maximum Gasteiger partial charge on any atom is 0.261 e. The fourth-order valence-corrected chi connectivity index (χ4v) is 2.92. The number of hydrogen-bond acceptors (Lipinski definition) is 4. The molecule has 1 amide bonds. The summed E-state index contributed by atoms with van der Waals surface area (Å²) >= 11 is 0. The van der Waals surface area contributed by atoms with Gasteiger partial charge < -0.3 is 10.1 Å². The number of ether oxygens (including phenoxy) is 1. The SMILES string of the molecule is CC1(CNC(=O)C2Cc3cc(S(N)(=O)=O)ccc3O2)CC1. The molecule has 0 radical (unpaired) electrons. The molecule has 1 fully saturated rings. The number of hydrogen-bond donors (Lipinski definition) is 2. The molecule has 1 aromatic carbocycles. The molecule has 0 aromatic heterocycles. The molecule has 3 N–H and O–H groups in total. The van der Waals surface area contributed by atoms with Crippen LogP contribution in [0.25, 0.3) is 0 Å². The number of carbonyl (C=O) groups is 1. The summed E-state index contributed by atoms with van der Waals surface area (Å²) in [7, 11) is -3.74. The molecule has 1 saturated carbocycles. The van der Waals surface area contributed by atoms with Gasteiger partial charge in [0.25, 0.3) is 5.91 Å². The monoisotopic (exact) mass is 310 g/mol. The standard InChI is InChI=1S/C14H18N2O4S/c1-14(4-5-14)8-16-13(17)12-7-9-6-10(21(15,18)19)2-3-11(9)20-12/h2-3,6,12H,4-5,7-8H2,1H3,(H,16,17)(H2,15,18,19). The van der Waals surface area contributed by atoms with Gasteiger partial charge in [-0.15, -0.1) is 0 Å². The number of carbonyl (C=O) groups excluding carboxylic acids is 1. The summed E-state index contributed by atoms with van der Waals surface area (Å²) in [4.78, 5) is 12.1. The van der Waals surface area contributed by atoms with Crippen LogP contribution in [-0.4, -0.2) is 27.0 Å². The second-order valence-corrected chi connectivity index (χ2v) is 7.72. The summed E-state index contributed by atoms with van der Waals surface area (Å²) < 4.78 is 28.2. The topological polar surface area (TPSA) is 98.5 Å². The predicted octanol–water partition coefficient (Wildman–Crippen LogP) is 0.554. The van der Waals surface area contributed by atoms with E-state index in [0.29, 0.717) is 24.3 Å². The zero-order chi connectivity index (χ0) is 15.3. The smallest absolute Gasteiger partial charge is 0.261 e. The maximum absolute atomic E-state index is 12.1. The zero-order valence-corrected chi connectivity index (χ0v) is 12.6. The number of nitrogens with two attached hydrogens (primary N) is 1. The average Bonchev–Trinajstić information content (AvgIpc) is 3.00. The maximum atomic E-state index is 12.1. The van der Waals surface area contributed by atoms with Crippen molar-refractivity contribution in [2.75, 3.05) is 6.54 Å². The minimum atomic E-state index is -3.74. The summed E-state index contributed by atoms with van der Waals surface area (Å²) in [6.45, 7) is 2.79. The van der Waals surface area contributed by atoms with E-state index in [1.54, 1.807) is 6.07 Å². The fraction of sp³-hybridized carbons (Fsp3) is 0.500. The Bertz CT molecular complexity index is 695. The van der Waals surface area contributed by atoms with E-state index in [1.165, 1.54) is 12.1 Å². The molecular formula is C14H18N2O4S. The van der Waals surface area contributed by atoms with Gasteiger partial charge in [0.05, 0.1) is 4.90 Å². The molecule has 0 bridgehead atoms. The van der Waals surface area contributed by atoms with E-state index in [9.17, 15) is 13.2 Å². The van der Waals surface area contributed by atoms with Crippen molar-refractivity contribution >= 4 is 15.9 Å². The first kappa shape index (κ1) is 14.3. The highest BCUT2D eigenvalue weighted by atomic mass is 32.2. The second kappa shape index (κ2) is 4.71. The van der Waals surface area contributed by atoms with Crippen LogP contribution in [0, 0.1) is 5.41 Å². The van der Waals surface area contributed by atoms with Crippen LogP contribution in [0.3, 0.4) is 0 Å². The highest BCUT2D eigenvalue weighted by Crippen LogP contribution is 2.44. The molecule has 6 nitrogen and oxygen atoms in total. The second-order valence-electron chi connectivity index (χ2n) is 6.15. The zero-order valence-electron chi connectivity index (χ0n) is 11.8. The third-order valence-corrected chi connectivity index (χ3v) is 5.03. The van der Waals surface area contributed by atoms with Crippen molar-refractivity contribution in [3.8, 4) is 5.75 Å². The first-order valence-corrected chi connectivity index (χ1v) is 8.42. The lowest BCUT2D eigenvalue weighted by atomic mass is 10.1. The van der Waals surface area contributed by atoms with Gasteiger partial charge in [-0.2, -0.15) is 0 Å². The minimum absolute atomic E-state index is 0.0383. The van der Waals surface area contributed by atoms with Crippen LogP contribution < -0.4 is 15.2 Å². The van der Waals surface area contributed by atoms with Crippen LogP contribution in [-0.2, 0) is 21.2 Å². The van der Waals surface area contributed by atoms with Crippen LogP contribution in [0.2, 0.25) is 0 Å². The number of rotatable bonds is 4. The van der Waals surface area contributed by atoms with Gasteiger partial charge in [-0.1, -0.05) is 6.92 Å². The molecule has 21 heavy (non-hydrogen) atoms. The van der Waals surface area contributed by atoms with Gasteiger partial charge >= 0.3 is 0 Å². The van der Waals surface area contributed by atoms with Gasteiger partial charge in [-0.25, -0.2) is 13.6 Å². The predicted molar refractivity (Wildman–Crippen MR) is 76.3 cm³/mol. The first-order valence-electron chi connectivity index (χ1n) is 6.87. The van der Waals surface area contributed by atoms with E-state index in [4.69, 9.17) is 9.88 Å². The molecule has 1 atom stereocenters. The fourth-order valence-electron chi connectivity index (χ4n) is 2.35.